The second-order valence-electron chi connectivity index (χ2n) is 4.79. The summed E-state index contributed by atoms with van der Waals surface area (Å²) in [5.41, 5.74) is 0.00275. The predicted octanol–water partition coefficient (Wildman–Crippen LogP) is 3.13. The number of nitro groups is 1. The number of hydrogen-bond donors (Lipinski definition) is 1. The van der Waals surface area contributed by atoms with Crippen LogP contribution in [0.15, 0.2) is 12.1 Å². The highest BCUT2D eigenvalue weighted by molar-refractivity contribution is 5.47. The summed E-state index contributed by atoms with van der Waals surface area (Å²) in [6.45, 7) is 0. The van der Waals surface area contributed by atoms with Crippen LogP contribution < -0.4 is 10.1 Å². The first kappa shape index (κ1) is 13.6. The minimum absolute atomic E-state index is 0.00275. The Bertz CT molecular complexity index is 443. The molecule has 1 fully saturated rings. The highest BCUT2D eigenvalue weighted by Crippen LogP contribution is 2.26. The molecular formula is C13H19N3O3. The van der Waals surface area contributed by atoms with E-state index in [0.29, 0.717) is 11.7 Å². The fourth-order valence-electron chi connectivity index (χ4n) is 2.32. The average Bonchev–Trinajstić information content (AvgIpc) is 2.67. The second-order valence-corrected chi connectivity index (χ2v) is 4.79. The van der Waals surface area contributed by atoms with Crippen molar-refractivity contribution in [3.8, 4) is 5.88 Å². The van der Waals surface area contributed by atoms with Crippen LogP contribution in [0.25, 0.3) is 0 Å². The maximum absolute atomic E-state index is 10.9. The van der Waals surface area contributed by atoms with E-state index < -0.39 is 4.92 Å². The highest BCUT2D eigenvalue weighted by Gasteiger charge is 2.17. The Morgan fingerprint density at radius 2 is 2.00 bits per heavy atom. The van der Waals surface area contributed by atoms with Crippen molar-refractivity contribution in [2.45, 2.75) is 44.6 Å². The molecule has 1 aromatic rings. The van der Waals surface area contributed by atoms with Gasteiger partial charge >= 0.3 is 0 Å². The van der Waals surface area contributed by atoms with E-state index >= 15 is 0 Å². The minimum Gasteiger partial charge on any atom is -0.474 e. The van der Waals surface area contributed by atoms with Gasteiger partial charge < -0.3 is 10.1 Å². The smallest absolute Gasteiger partial charge is 0.278 e. The van der Waals surface area contributed by atoms with Crippen molar-refractivity contribution in [1.29, 1.82) is 0 Å². The average molecular weight is 265 g/mol. The Kier molecular flexibility index (Phi) is 4.54. The fraction of sp³-hybridized carbons (Fsp3) is 0.615. The van der Waals surface area contributed by atoms with Crippen LogP contribution in [-0.4, -0.2) is 23.1 Å². The number of aromatic nitrogens is 1. The highest BCUT2D eigenvalue weighted by atomic mass is 16.6. The standard InChI is InChI=1S/C13H19N3O3/c1-14-12-8-10(16(17)18)9-13(15-12)19-11-6-4-2-3-5-7-11/h8-9,11H,2-7H2,1H3,(H,14,15). The summed E-state index contributed by atoms with van der Waals surface area (Å²) in [6.07, 6.45) is 6.91. The van der Waals surface area contributed by atoms with Crippen molar-refractivity contribution in [3.63, 3.8) is 0 Å². The molecule has 0 unspecified atom stereocenters. The summed E-state index contributed by atoms with van der Waals surface area (Å²) in [5, 5.41) is 13.7. The van der Waals surface area contributed by atoms with Crippen LogP contribution in [0.4, 0.5) is 11.5 Å². The largest absolute Gasteiger partial charge is 0.474 e. The molecule has 0 saturated heterocycles. The van der Waals surface area contributed by atoms with Gasteiger partial charge in [0.15, 0.2) is 0 Å². The van der Waals surface area contributed by atoms with Crippen molar-refractivity contribution < 1.29 is 9.66 Å². The maximum atomic E-state index is 10.9. The first-order valence-electron chi connectivity index (χ1n) is 6.70. The molecule has 0 spiro atoms. The maximum Gasteiger partial charge on any atom is 0.278 e. The Labute approximate surface area is 112 Å². The second kappa shape index (κ2) is 6.36. The molecule has 6 heteroatoms. The molecule has 1 heterocycles. The van der Waals surface area contributed by atoms with Crippen LogP contribution >= 0.6 is 0 Å². The molecule has 19 heavy (non-hydrogen) atoms. The summed E-state index contributed by atoms with van der Waals surface area (Å²) >= 11 is 0. The molecule has 1 aliphatic carbocycles. The SMILES string of the molecule is CNc1cc([N+](=O)[O-])cc(OC2CCCCCC2)n1. The number of pyridine rings is 1. The molecule has 0 aliphatic heterocycles. The van der Waals surface area contributed by atoms with E-state index in [9.17, 15) is 10.1 Å². The first-order chi connectivity index (χ1) is 9.19. The number of nitrogens with zero attached hydrogens (tertiary/aromatic N) is 2. The Hall–Kier alpha value is -1.85. The van der Waals surface area contributed by atoms with Gasteiger partial charge in [-0.15, -0.1) is 0 Å². The van der Waals surface area contributed by atoms with E-state index in [-0.39, 0.29) is 11.8 Å². The van der Waals surface area contributed by atoms with Crippen LogP contribution in [0.3, 0.4) is 0 Å². The normalized spacial score (nSPS) is 16.7. The number of nitrogens with one attached hydrogen (secondary N) is 1. The van der Waals surface area contributed by atoms with Gasteiger partial charge in [0, 0.05) is 7.05 Å². The molecule has 1 N–H and O–H groups in total. The van der Waals surface area contributed by atoms with Crippen LogP contribution in [0.1, 0.15) is 38.5 Å². The van der Waals surface area contributed by atoms with Gasteiger partial charge in [0.2, 0.25) is 5.88 Å². The number of rotatable bonds is 4. The summed E-state index contributed by atoms with van der Waals surface area (Å²) in [7, 11) is 1.68. The van der Waals surface area contributed by atoms with E-state index in [0.717, 1.165) is 25.7 Å². The van der Waals surface area contributed by atoms with E-state index in [2.05, 4.69) is 10.3 Å². The lowest BCUT2D eigenvalue weighted by molar-refractivity contribution is -0.384. The molecule has 1 aromatic heterocycles. The molecule has 0 aromatic carbocycles. The molecule has 0 radical (unpaired) electrons. The molecule has 0 atom stereocenters. The van der Waals surface area contributed by atoms with E-state index in [1.165, 1.54) is 25.0 Å². The monoisotopic (exact) mass is 265 g/mol. The lowest BCUT2D eigenvalue weighted by Gasteiger charge is -2.16. The van der Waals surface area contributed by atoms with Gasteiger partial charge in [0.1, 0.15) is 11.9 Å². The van der Waals surface area contributed by atoms with Gasteiger partial charge in [-0.3, -0.25) is 10.1 Å². The van der Waals surface area contributed by atoms with Gasteiger partial charge in [-0.05, 0) is 25.7 Å². The summed E-state index contributed by atoms with van der Waals surface area (Å²) in [4.78, 5) is 14.7. The zero-order valence-corrected chi connectivity index (χ0v) is 11.1. The number of anilines is 1. The summed E-state index contributed by atoms with van der Waals surface area (Å²) in [5.74, 6) is 0.795. The molecule has 1 aliphatic rings. The Morgan fingerprint density at radius 1 is 1.32 bits per heavy atom. The van der Waals surface area contributed by atoms with Gasteiger partial charge in [-0.1, -0.05) is 12.8 Å². The van der Waals surface area contributed by atoms with Gasteiger partial charge in [0.25, 0.3) is 5.69 Å². The minimum atomic E-state index is -0.428. The van der Waals surface area contributed by atoms with Crippen molar-refractivity contribution in [2.75, 3.05) is 12.4 Å². The van der Waals surface area contributed by atoms with E-state index in [1.54, 1.807) is 7.05 Å². The van der Waals surface area contributed by atoms with Crippen molar-refractivity contribution >= 4 is 11.5 Å². The van der Waals surface area contributed by atoms with Crippen LogP contribution in [-0.2, 0) is 0 Å². The Balaban J connectivity index is 2.13. The quantitative estimate of drug-likeness (QED) is 0.514. The van der Waals surface area contributed by atoms with E-state index in [4.69, 9.17) is 4.74 Å². The van der Waals surface area contributed by atoms with Crippen LogP contribution in [0, 0.1) is 10.1 Å². The number of ether oxygens (including phenoxy) is 1. The van der Waals surface area contributed by atoms with Crippen molar-refractivity contribution in [3.05, 3.63) is 22.2 Å². The first-order valence-corrected chi connectivity index (χ1v) is 6.70. The molecule has 104 valence electrons. The van der Waals surface area contributed by atoms with Gasteiger partial charge in [-0.2, -0.15) is 4.98 Å². The topological polar surface area (TPSA) is 77.3 Å². The summed E-state index contributed by atoms with van der Waals surface area (Å²) < 4.78 is 5.81. The zero-order valence-electron chi connectivity index (χ0n) is 11.1. The third kappa shape index (κ3) is 3.81. The third-order valence-corrected chi connectivity index (χ3v) is 3.34. The molecule has 6 nitrogen and oxygen atoms in total. The van der Waals surface area contributed by atoms with Crippen molar-refractivity contribution in [1.82, 2.24) is 4.98 Å². The number of hydrogen-bond acceptors (Lipinski definition) is 5. The fourth-order valence-corrected chi connectivity index (χ4v) is 2.32. The molecule has 2 rings (SSSR count). The third-order valence-electron chi connectivity index (χ3n) is 3.34. The van der Waals surface area contributed by atoms with Crippen LogP contribution in [0.5, 0.6) is 5.88 Å². The van der Waals surface area contributed by atoms with Crippen molar-refractivity contribution in [2.24, 2.45) is 0 Å². The molecule has 1 saturated carbocycles. The van der Waals surface area contributed by atoms with E-state index in [1.807, 2.05) is 0 Å². The lowest BCUT2D eigenvalue weighted by atomic mass is 10.1. The van der Waals surface area contributed by atoms with Gasteiger partial charge in [-0.25, -0.2) is 0 Å². The predicted molar refractivity (Wildman–Crippen MR) is 72.6 cm³/mol. The Morgan fingerprint density at radius 3 is 2.58 bits per heavy atom. The zero-order chi connectivity index (χ0) is 13.7. The molecule has 0 bridgehead atoms. The molecule has 0 amide bonds. The lowest BCUT2D eigenvalue weighted by Crippen LogP contribution is -2.16. The van der Waals surface area contributed by atoms with Crippen LogP contribution in [0.2, 0.25) is 0 Å². The summed E-state index contributed by atoms with van der Waals surface area (Å²) in [6, 6.07) is 2.80. The molecular weight excluding hydrogens is 246 g/mol. The van der Waals surface area contributed by atoms with Gasteiger partial charge in [0.05, 0.1) is 17.1 Å².